The monoisotopic (exact) mass is 921 g/mol. The van der Waals surface area contributed by atoms with Crippen molar-refractivity contribution in [2.24, 2.45) is 18.7 Å². The average molecular weight is 922 g/mol. The van der Waals surface area contributed by atoms with Crippen LogP contribution in [0.2, 0.25) is 0 Å². The maximum atomic E-state index is 15.5. The van der Waals surface area contributed by atoms with Crippen LogP contribution in [0.1, 0.15) is 80.5 Å². The van der Waals surface area contributed by atoms with Crippen LogP contribution >= 0.6 is 0 Å². The van der Waals surface area contributed by atoms with Crippen LogP contribution in [0.3, 0.4) is 0 Å². The molecule has 3 aliphatic heterocycles. The summed E-state index contributed by atoms with van der Waals surface area (Å²) >= 11 is 0. The van der Waals surface area contributed by atoms with Gasteiger partial charge in [0.15, 0.2) is 21.4 Å². The molecule has 0 radical (unpaired) electrons. The van der Waals surface area contributed by atoms with E-state index in [4.69, 9.17) is 10.5 Å². The van der Waals surface area contributed by atoms with Crippen molar-refractivity contribution in [3.05, 3.63) is 70.4 Å². The molecule has 4 aromatic rings. The second-order valence-corrected chi connectivity index (χ2v) is 19.2. The maximum Gasteiger partial charge on any atom is 0.329 e. The number of carbonyl (C=O) groups is 3. The van der Waals surface area contributed by atoms with Crippen LogP contribution in [0.25, 0.3) is 16.6 Å². The number of hydrogen-bond acceptors (Lipinski definition) is 13. The van der Waals surface area contributed by atoms with Crippen molar-refractivity contribution in [3.8, 4) is 11.8 Å². The number of benzene rings is 1. The van der Waals surface area contributed by atoms with Crippen LogP contribution in [0.4, 0.5) is 24.7 Å². The molecule has 65 heavy (non-hydrogen) atoms. The summed E-state index contributed by atoms with van der Waals surface area (Å²) in [7, 11) is -1.54. The summed E-state index contributed by atoms with van der Waals surface area (Å²) < 4.78 is 77.9. The Morgan fingerprint density at radius 2 is 1.85 bits per heavy atom. The number of amides is 3. The first kappa shape index (κ1) is 45.5. The number of hydrogen-bond donors (Lipinski definition) is 3. The predicted molar refractivity (Wildman–Crippen MR) is 233 cm³/mol. The molecule has 4 N–H and O–H groups in total. The van der Waals surface area contributed by atoms with Crippen LogP contribution in [-0.4, -0.2) is 123 Å². The van der Waals surface area contributed by atoms with E-state index in [1.54, 1.807) is 36.2 Å². The molecule has 6 heterocycles. The number of fused-ring (bicyclic) bond motifs is 1. The Kier molecular flexibility index (Phi) is 13.4. The first-order chi connectivity index (χ1) is 31.2. The van der Waals surface area contributed by atoms with Crippen molar-refractivity contribution in [3.63, 3.8) is 0 Å². The number of imide groups is 1. The van der Waals surface area contributed by atoms with Crippen LogP contribution in [0, 0.1) is 17.8 Å². The Labute approximate surface area is 372 Å². The number of anilines is 2. The molecular formula is C43H50F3N11O7S. The molecule has 8 rings (SSSR count). The molecule has 3 atom stereocenters. The van der Waals surface area contributed by atoms with E-state index in [1.807, 2.05) is 0 Å². The predicted octanol–water partition coefficient (Wildman–Crippen LogP) is 2.63. The number of rotatable bonds is 11. The van der Waals surface area contributed by atoms with Gasteiger partial charge in [0.1, 0.15) is 24.6 Å². The number of para-hydroxylation sites is 1. The summed E-state index contributed by atoms with van der Waals surface area (Å²) in [4.78, 5) is 63.3. The standard InChI is InChI=1S/C43H50F3N11O7S/c1-53-38-27(4-2-6-32(38)57(43(53)61)33-11-12-36(58)51-42(33)60)5-3-19-64-34-14-16-54(24-30(34)44)23-26-7-9-28(10-8-26)56-25-31(37(52-56)39(45)46)49-41(59)29(22-47)40-48-15-13-35(50-40)55-17-20-65(62,63)21-18-55/h2,4,6,13,15,22,25-26,28,30,33-34,39H,7-12,14,16-21,23-24,47H2,1H3,(H,49,59)(H,51,58,60)/b29-22+/t26?,28?,30-,33?,34-/m1/s1. The Bertz CT molecular complexity index is 2720. The first-order valence-corrected chi connectivity index (χ1v) is 23.4. The van der Waals surface area contributed by atoms with E-state index in [9.17, 15) is 36.4 Å². The average Bonchev–Trinajstić information content (AvgIpc) is 3.81. The summed E-state index contributed by atoms with van der Waals surface area (Å²) in [5, 5.41) is 8.99. The van der Waals surface area contributed by atoms with Gasteiger partial charge in [-0.1, -0.05) is 17.9 Å². The van der Waals surface area contributed by atoms with Gasteiger partial charge in [-0.15, -0.1) is 0 Å². The van der Waals surface area contributed by atoms with Gasteiger partial charge in [-0.25, -0.2) is 36.4 Å². The lowest BCUT2D eigenvalue weighted by molar-refractivity contribution is -0.135. The van der Waals surface area contributed by atoms with E-state index in [0.717, 1.165) is 19.0 Å². The number of carbonyl (C=O) groups excluding carboxylic acids is 3. The van der Waals surface area contributed by atoms with Crippen LogP contribution < -0.4 is 27.0 Å². The number of nitrogens with two attached hydrogens (primary N) is 1. The lowest BCUT2D eigenvalue weighted by Crippen LogP contribution is -2.47. The Hall–Kier alpha value is -6.05. The number of halogens is 3. The van der Waals surface area contributed by atoms with Crippen molar-refractivity contribution in [1.82, 2.24) is 39.1 Å². The lowest BCUT2D eigenvalue weighted by atomic mass is 9.85. The lowest BCUT2D eigenvalue weighted by Gasteiger charge is -2.38. The number of nitrogens with one attached hydrogen (secondary N) is 2. The number of aromatic nitrogens is 6. The van der Waals surface area contributed by atoms with E-state index < -0.39 is 57.8 Å². The van der Waals surface area contributed by atoms with Crippen molar-refractivity contribution in [2.75, 3.05) is 61.1 Å². The third-order valence-electron chi connectivity index (χ3n) is 12.7. The summed E-state index contributed by atoms with van der Waals surface area (Å²) in [6.07, 6.45) is 2.60. The Balaban J connectivity index is 0.816. The van der Waals surface area contributed by atoms with Crippen LogP contribution in [0.5, 0.6) is 0 Å². The molecule has 346 valence electrons. The van der Waals surface area contributed by atoms with Gasteiger partial charge in [-0.2, -0.15) is 5.10 Å². The molecule has 3 aromatic heterocycles. The molecule has 1 aromatic carbocycles. The molecule has 4 fully saturated rings. The highest BCUT2D eigenvalue weighted by molar-refractivity contribution is 7.91. The van der Waals surface area contributed by atoms with Gasteiger partial charge >= 0.3 is 5.69 Å². The van der Waals surface area contributed by atoms with Gasteiger partial charge < -0.3 is 20.7 Å². The number of ether oxygens (including phenoxy) is 1. The normalized spacial score (nSPS) is 24.2. The van der Waals surface area contributed by atoms with Gasteiger partial charge in [0.25, 0.3) is 12.3 Å². The van der Waals surface area contributed by atoms with Gasteiger partial charge in [0.05, 0.1) is 51.5 Å². The van der Waals surface area contributed by atoms with Gasteiger partial charge in [0.2, 0.25) is 11.8 Å². The van der Waals surface area contributed by atoms with E-state index >= 15 is 4.39 Å². The van der Waals surface area contributed by atoms with E-state index in [-0.39, 0.29) is 85.5 Å². The second-order valence-electron chi connectivity index (χ2n) is 16.9. The van der Waals surface area contributed by atoms with E-state index in [2.05, 4.69) is 42.4 Å². The molecule has 1 aliphatic carbocycles. The number of sulfone groups is 1. The Morgan fingerprint density at radius 1 is 1.08 bits per heavy atom. The van der Waals surface area contributed by atoms with Gasteiger partial charge in [-0.05, 0) is 62.6 Å². The minimum atomic E-state index is -3.14. The van der Waals surface area contributed by atoms with Crippen molar-refractivity contribution in [1.29, 1.82) is 0 Å². The minimum absolute atomic E-state index is 0.0251. The third kappa shape index (κ3) is 9.96. The van der Waals surface area contributed by atoms with E-state index in [0.29, 0.717) is 54.8 Å². The largest absolute Gasteiger partial charge is 0.404 e. The number of alkyl halides is 3. The summed E-state index contributed by atoms with van der Waals surface area (Å²) in [5.41, 5.74) is 6.10. The molecule has 18 nitrogen and oxygen atoms in total. The highest BCUT2D eigenvalue weighted by Crippen LogP contribution is 2.36. The summed E-state index contributed by atoms with van der Waals surface area (Å²) in [5.74, 6) is 4.83. The smallest absolute Gasteiger partial charge is 0.329 e. The zero-order valence-corrected chi connectivity index (χ0v) is 36.5. The molecule has 1 unspecified atom stereocenters. The fourth-order valence-electron chi connectivity index (χ4n) is 9.19. The second kappa shape index (κ2) is 19.2. The van der Waals surface area contributed by atoms with Crippen LogP contribution in [0.15, 0.2) is 47.7 Å². The summed E-state index contributed by atoms with van der Waals surface area (Å²) in [6, 6.07) is 5.80. The van der Waals surface area contributed by atoms with Crippen molar-refractivity contribution >= 4 is 55.7 Å². The number of piperidine rings is 2. The maximum absolute atomic E-state index is 15.5. The molecule has 0 spiro atoms. The molecule has 22 heteroatoms. The van der Waals surface area contributed by atoms with Gasteiger partial charge in [-0.3, -0.25) is 38.4 Å². The molecule has 4 aliphatic rings. The fraction of sp³-hybridized carbons (Fsp3) is 0.512. The highest BCUT2D eigenvalue weighted by Gasteiger charge is 2.34. The van der Waals surface area contributed by atoms with Crippen molar-refractivity contribution in [2.45, 2.75) is 75.7 Å². The molecule has 0 bridgehead atoms. The van der Waals surface area contributed by atoms with E-state index in [1.165, 1.54) is 26.2 Å². The quantitative estimate of drug-likeness (QED) is 0.112. The number of aryl methyl sites for hydroxylation is 1. The van der Waals surface area contributed by atoms with Gasteiger partial charge in [0, 0.05) is 64.8 Å². The molecule has 3 amide bonds. The number of nitrogens with zero attached hydrogens (tertiary/aromatic N) is 8. The zero-order chi connectivity index (χ0) is 46.0. The first-order valence-electron chi connectivity index (χ1n) is 21.6. The number of imidazole rings is 1. The zero-order valence-electron chi connectivity index (χ0n) is 35.7. The molecular weight excluding hydrogens is 872 g/mol. The highest BCUT2D eigenvalue weighted by atomic mass is 32.2. The number of likely N-dealkylation sites (tertiary alicyclic amines) is 1. The molecule has 3 saturated heterocycles. The SMILES string of the molecule is Cn1c(=O)n(C2CCC(=O)NC2=O)c2cccc(C#CCO[C@@H]3CCN(CC4CCC(n5cc(NC(=O)/C(=C/N)c6nccc(N7CCS(=O)(=O)CC7)n6)c(C(F)F)n5)CC4)C[C@H]3F)c21. The van der Waals surface area contributed by atoms with Crippen molar-refractivity contribution < 1.29 is 40.7 Å². The van der Waals surface area contributed by atoms with Crippen LogP contribution in [-0.2, 0) is 36.0 Å². The topological polar surface area (TPSA) is 222 Å². The fourth-order valence-corrected chi connectivity index (χ4v) is 10.4. The third-order valence-corrected chi connectivity index (χ3v) is 14.3. The Morgan fingerprint density at radius 3 is 2.55 bits per heavy atom. The minimum Gasteiger partial charge on any atom is -0.404 e. The summed E-state index contributed by atoms with van der Waals surface area (Å²) in [6.45, 7) is 1.92. The molecule has 1 saturated carbocycles.